The number of thioether (sulfide) groups is 1. The van der Waals surface area contributed by atoms with E-state index in [1.54, 1.807) is 18.0 Å². The molecule has 0 radical (unpaired) electrons. The van der Waals surface area contributed by atoms with E-state index in [1.807, 2.05) is 29.5 Å². The highest BCUT2D eigenvalue weighted by molar-refractivity contribution is 9.10. The molecule has 0 aromatic heterocycles. The third-order valence-corrected chi connectivity index (χ3v) is 4.83. The van der Waals surface area contributed by atoms with Gasteiger partial charge in [0.2, 0.25) is 0 Å². The van der Waals surface area contributed by atoms with Gasteiger partial charge in [-0.3, -0.25) is 10.0 Å². The molecule has 3 atom stereocenters. The van der Waals surface area contributed by atoms with Crippen LogP contribution in [0.3, 0.4) is 0 Å². The Bertz CT molecular complexity index is 622. The number of fused-ring (bicyclic) bond motifs is 1. The molecule has 3 unspecified atom stereocenters. The average Bonchev–Trinajstić information content (AvgIpc) is 2.84. The first-order valence-electron chi connectivity index (χ1n) is 6.22. The Hall–Kier alpha value is -1.29. The van der Waals surface area contributed by atoms with Gasteiger partial charge in [-0.05, 0) is 24.5 Å². The van der Waals surface area contributed by atoms with Crippen LogP contribution in [0.5, 0.6) is 0 Å². The number of aliphatic imine (C=N–C) groups is 1. The van der Waals surface area contributed by atoms with E-state index in [4.69, 9.17) is 0 Å². The highest BCUT2D eigenvalue weighted by atomic mass is 79.9. The van der Waals surface area contributed by atoms with Crippen molar-refractivity contribution in [1.82, 2.24) is 10.4 Å². The molecule has 2 heterocycles. The first kappa shape index (κ1) is 13.7. The van der Waals surface area contributed by atoms with E-state index in [1.165, 1.54) is 0 Å². The van der Waals surface area contributed by atoms with Gasteiger partial charge in [-0.25, -0.2) is 5.43 Å². The lowest BCUT2D eigenvalue weighted by molar-refractivity contribution is 0.287. The van der Waals surface area contributed by atoms with E-state index in [0.717, 1.165) is 15.7 Å². The second-order valence-corrected chi connectivity index (χ2v) is 6.48. The molecular formula is C14H13BrN4S. The fourth-order valence-corrected chi connectivity index (χ4v) is 3.59. The van der Waals surface area contributed by atoms with Gasteiger partial charge >= 0.3 is 0 Å². The van der Waals surface area contributed by atoms with Crippen LogP contribution in [-0.2, 0) is 0 Å². The zero-order chi connectivity index (χ0) is 14.1. The lowest BCUT2D eigenvalue weighted by Crippen LogP contribution is -2.38. The molecule has 0 bridgehead atoms. The fraction of sp³-hybridized carbons (Fsp3) is 0.286. The van der Waals surface area contributed by atoms with E-state index in [2.05, 4.69) is 44.6 Å². The fourth-order valence-electron chi connectivity index (χ4n) is 2.48. The minimum Gasteiger partial charge on any atom is -0.281 e. The van der Waals surface area contributed by atoms with Crippen LogP contribution in [-0.4, -0.2) is 29.0 Å². The molecule has 1 N–H and O–H groups in total. The van der Waals surface area contributed by atoms with Crippen LogP contribution in [0.2, 0.25) is 0 Å². The Labute approximate surface area is 130 Å². The number of hydrazine groups is 1. The van der Waals surface area contributed by atoms with Crippen LogP contribution in [0.25, 0.3) is 5.70 Å². The maximum absolute atomic E-state index is 9.38. The monoisotopic (exact) mass is 348 g/mol. The zero-order valence-electron chi connectivity index (χ0n) is 10.8. The van der Waals surface area contributed by atoms with Gasteiger partial charge in [-0.1, -0.05) is 28.1 Å². The minimum atomic E-state index is -0.156. The van der Waals surface area contributed by atoms with Crippen molar-refractivity contribution >= 4 is 39.6 Å². The van der Waals surface area contributed by atoms with Crippen LogP contribution in [0, 0.1) is 17.2 Å². The number of nitriles is 1. The molecule has 0 aliphatic carbocycles. The third-order valence-electron chi connectivity index (χ3n) is 3.43. The molecule has 4 nitrogen and oxygen atoms in total. The Morgan fingerprint density at radius 1 is 1.50 bits per heavy atom. The van der Waals surface area contributed by atoms with Crippen molar-refractivity contribution in [3.63, 3.8) is 0 Å². The molecule has 0 saturated carbocycles. The smallest absolute Gasteiger partial charge is 0.153 e. The van der Waals surface area contributed by atoms with Gasteiger partial charge in [-0.15, -0.1) is 11.8 Å². The summed E-state index contributed by atoms with van der Waals surface area (Å²) in [5.41, 5.74) is 5.53. The zero-order valence-corrected chi connectivity index (χ0v) is 13.2. The number of halogens is 1. The van der Waals surface area contributed by atoms with Crippen LogP contribution in [0.15, 0.2) is 39.8 Å². The number of benzene rings is 1. The predicted molar refractivity (Wildman–Crippen MR) is 85.8 cm³/mol. The molecule has 0 amide bonds. The summed E-state index contributed by atoms with van der Waals surface area (Å²) >= 11 is 5.14. The first-order valence-corrected chi connectivity index (χ1v) is 8.30. The first-order chi connectivity index (χ1) is 9.74. The minimum absolute atomic E-state index is 0.0656. The highest BCUT2D eigenvalue weighted by Gasteiger charge is 2.43. The molecule has 1 aromatic rings. The van der Waals surface area contributed by atoms with Crippen molar-refractivity contribution in [3.8, 4) is 6.07 Å². The number of hydrogen-bond acceptors (Lipinski definition) is 5. The normalized spacial score (nSPS) is 27.9. The number of hydrogen-bond donors (Lipinski definition) is 1. The summed E-state index contributed by atoms with van der Waals surface area (Å²) in [6.07, 6.45) is 5.62. The van der Waals surface area contributed by atoms with Crippen LogP contribution in [0.1, 0.15) is 5.56 Å². The lowest BCUT2D eigenvalue weighted by atomic mass is 10.1. The van der Waals surface area contributed by atoms with Gasteiger partial charge in [-0.2, -0.15) is 5.26 Å². The number of rotatable bonds is 2. The van der Waals surface area contributed by atoms with E-state index in [0.29, 0.717) is 0 Å². The molecule has 1 fully saturated rings. The van der Waals surface area contributed by atoms with Crippen molar-refractivity contribution in [2.24, 2.45) is 10.9 Å². The summed E-state index contributed by atoms with van der Waals surface area (Å²) < 4.78 is 1.03. The molecule has 3 rings (SSSR count). The topological polar surface area (TPSA) is 51.4 Å². The average molecular weight is 349 g/mol. The molecule has 1 saturated heterocycles. The van der Waals surface area contributed by atoms with Crippen molar-refractivity contribution in [2.75, 3.05) is 6.26 Å². The van der Waals surface area contributed by atoms with Crippen molar-refractivity contribution in [2.45, 2.75) is 11.5 Å². The Balaban J connectivity index is 1.97. The summed E-state index contributed by atoms with van der Waals surface area (Å²) in [7, 11) is 0. The molecule has 20 heavy (non-hydrogen) atoms. The molecule has 1 aromatic carbocycles. The van der Waals surface area contributed by atoms with Crippen LogP contribution in [0.4, 0.5) is 0 Å². The standard InChI is InChI=1S/C14H13BrN4S/c1-20-14-11(8-16)13-17-6-5-12(19(13)18-14)9-3-2-4-10(15)7-9/h2-7,11,13-14,18H,1H3. The second kappa shape index (κ2) is 5.60. The van der Waals surface area contributed by atoms with Crippen molar-refractivity contribution in [3.05, 3.63) is 40.4 Å². The Morgan fingerprint density at radius 3 is 3.05 bits per heavy atom. The van der Waals surface area contributed by atoms with Gasteiger partial charge < -0.3 is 0 Å². The van der Waals surface area contributed by atoms with Crippen molar-refractivity contribution in [1.29, 1.82) is 5.26 Å². The summed E-state index contributed by atoms with van der Waals surface area (Å²) in [6.45, 7) is 0. The lowest BCUT2D eigenvalue weighted by Gasteiger charge is -2.29. The maximum Gasteiger partial charge on any atom is 0.153 e. The number of allylic oxidation sites excluding steroid dienone is 1. The highest BCUT2D eigenvalue weighted by Crippen LogP contribution is 2.36. The van der Waals surface area contributed by atoms with E-state index in [9.17, 15) is 5.26 Å². The second-order valence-electron chi connectivity index (χ2n) is 4.58. The third kappa shape index (κ3) is 2.26. The van der Waals surface area contributed by atoms with Gasteiger partial charge in [0, 0.05) is 16.3 Å². The Kier molecular flexibility index (Phi) is 3.83. The molecular weight excluding hydrogens is 336 g/mol. The molecule has 6 heteroatoms. The van der Waals surface area contributed by atoms with Crippen molar-refractivity contribution < 1.29 is 0 Å². The predicted octanol–water partition coefficient (Wildman–Crippen LogP) is 2.85. The van der Waals surface area contributed by atoms with Gasteiger partial charge in [0.15, 0.2) is 6.17 Å². The van der Waals surface area contributed by atoms with Gasteiger partial charge in [0.1, 0.15) is 5.92 Å². The SMILES string of the molecule is CSC1NN2C(c3cccc(Br)c3)=CC=NC2C1C#N. The molecule has 102 valence electrons. The summed E-state index contributed by atoms with van der Waals surface area (Å²) in [4.78, 5) is 4.45. The molecule has 2 aliphatic rings. The van der Waals surface area contributed by atoms with E-state index < -0.39 is 0 Å². The van der Waals surface area contributed by atoms with Crippen LogP contribution >= 0.6 is 27.7 Å². The van der Waals surface area contributed by atoms with Gasteiger partial charge in [0.25, 0.3) is 0 Å². The summed E-state index contributed by atoms with van der Waals surface area (Å²) in [5, 5.41) is 11.5. The van der Waals surface area contributed by atoms with Crippen LogP contribution < -0.4 is 5.43 Å². The van der Waals surface area contributed by atoms with E-state index in [-0.39, 0.29) is 17.5 Å². The van der Waals surface area contributed by atoms with E-state index >= 15 is 0 Å². The number of nitrogens with zero attached hydrogens (tertiary/aromatic N) is 3. The summed E-state index contributed by atoms with van der Waals surface area (Å²) in [6, 6.07) is 10.5. The number of nitrogens with one attached hydrogen (secondary N) is 1. The maximum atomic E-state index is 9.38. The Morgan fingerprint density at radius 2 is 2.35 bits per heavy atom. The molecule has 2 aliphatic heterocycles. The van der Waals surface area contributed by atoms with Gasteiger partial charge in [0.05, 0.1) is 17.1 Å². The molecule has 0 spiro atoms. The quantitative estimate of drug-likeness (QED) is 0.892. The summed E-state index contributed by atoms with van der Waals surface area (Å²) in [5.74, 6) is -0.155. The largest absolute Gasteiger partial charge is 0.281 e.